The van der Waals surface area contributed by atoms with Crippen LogP contribution in [0.15, 0.2) is 42.5 Å². The number of rotatable bonds is 6. The van der Waals surface area contributed by atoms with E-state index in [2.05, 4.69) is 21.2 Å². The second kappa shape index (κ2) is 8.22. The van der Waals surface area contributed by atoms with Gasteiger partial charge in [0.1, 0.15) is 11.5 Å². The first-order chi connectivity index (χ1) is 11.0. The smallest absolute Gasteiger partial charge is 0.238 e. The van der Waals surface area contributed by atoms with Crippen LogP contribution < -0.4 is 14.8 Å². The number of amides is 1. The lowest BCUT2D eigenvalue weighted by molar-refractivity contribution is -0.115. The molecule has 0 aliphatic carbocycles. The van der Waals surface area contributed by atoms with Crippen LogP contribution in [0.1, 0.15) is 5.56 Å². The number of benzene rings is 2. The number of alkyl halides is 1. The topological polar surface area (TPSA) is 47.6 Å². The van der Waals surface area contributed by atoms with Gasteiger partial charge in [0, 0.05) is 11.1 Å². The summed E-state index contributed by atoms with van der Waals surface area (Å²) in [6, 6.07) is 12.7. The predicted octanol–water partition coefficient (Wildman–Crippen LogP) is 4.30. The van der Waals surface area contributed by atoms with Crippen LogP contribution in [0.4, 0.5) is 5.69 Å². The molecule has 2 rings (SSSR count). The van der Waals surface area contributed by atoms with Gasteiger partial charge in [0.2, 0.25) is 5.91 Å². The fourth-order valence-corrected chi connectivity index (χ4v) is 2.74. The van der Waals surface area contributed by atoms with Crippen molar-refractivity contribution in [2.24, 2.45) is 0 Å². The largest absolute Gasteiger partial charge is 0.497 e. The normalized spacial score (nSPS) is 11.7. The highest BCUT2D eigenvalue weighted by molar-refractivity contribution is 9.10. The quantitative estimate of drug-likeness (QED) is 0.738. The molecule has 0 bridgehead atoms. The second-order valence-corrected chi connectivity index (χ2v) is 6.33. The van der Waals surface area contributed by atoms with Gasteiger partial charge in [0.15, 0.2) is 0 Å². The van der Waals surface area contributed by atoms with Crippen LogP contribution in [0, 0.1) is 0 Å². The molecule has 122 valence electrons. The van der Waals surface area contributed by atoms with Crippen LogP contribution in [0.5, 0.6) is 11.5 Å². The number of ether oxygens (including phenoxy) is 2. The molecule has 2 aromatic carbocycles. The Kier molecular flexibility index (Phi) is 6.30. The SMILES string of the molecule is COc1ccc(NC(=O)[C@H](Br)Cc2ccccc2Cl)c(OC)c1. The van der Waals surface area contributed by atoms with E-state index in [9.17, 15) is 4.79 Å². The number of carbonyl (C=O) groups excluding carboxylic acids is 1. The van der Waals surface area contributed by atoms with Crippen molar-refractivity contribution in [3.8, 4) is 11.5 Å². The predicted molar refractivity (Wildman–Crippen MR) is 96.0 cm³/mol. The van der Waals surface area contributed by atoms with Gasteiger partial charge in [-0.1, -0.05) is 45.7 Å². The van der Waals surface area contributed by atoms with Gasteiger partial charge in [-0.05, 0) is 30.2 Å². The van der Waals surface area contributed by atoms with E-state index in [-0.39, 0.29) is 5.91 Å². The maximum absolute atomic E-state index is 12.4. The van der Waals surface area contributed by atoms with Crippen molar-refractivity contribution in [1.29, 1.82) is 0 Å². The summed E-state index contributed by atoms with van der Waals surface area (Å²) in [5.41, 5.74) is 1.50. The van der Waals surface area contributed by atoms with Crippen LogP contribution >= 0.6 is 27.5 Å². The minimum atomic E-state index is -0.408. The van der Waals surface area contributed by atoms with Crippen molar-refractivity contribution in [3.63, 3.8) is 0 Å². The van der Waals surface area contributed by atoms with E-state index in [1.807, 2.05) is 18.2 Å². The van der Waals surface area contributed by atoms with Gasteiger partial charge in [-0.25, -0.2) is 0 Å². The highest BCUT2D eigenvalue weighted by atomic mass is 79.9. The molecule has 0 saturated carbocycles. The van der Waals surface area contributed by atoms with Crippen LogP contribution in [0.25, 0.3) is 0 Å². The third-order valence-electron chi connectivity index (χ3n) is 3.31. The van der Waals surface area contributed by atoms with Crippen molar-refractivity contribution in [1.82, 2.24) is 0 Å². The van der Waals surface area contributed by atoms with Crippen molar-refractivity contribution in [2.75, 3.05) is 19.5 Å². The molecule has 6 heteroatoms. The molecule has 0 unspecified atom stereocenters. The summed E-state index contributed by atoms with van der Waals surface area (Å²) in [5, 5.41) is 3.49. The number of hydrogen-bond donors (Lipinski definition) is 1. The van der Waals surface area contributed by atoms with Crippen LogP contribution in [0.3, 0.4) is 0 Å². The number of carbonyl (C=O) groups is 1. The van der Waals surface area contributed by atoms with Crippen LogP contribution in [-0.4, -0.2) is 25.0 Å². The maximum atomic E-state index is 12.4. The summed E-state index contributed by atoms with van der Waals surface area (Å²) in [7, 11) is 3.12. The molecule has 0 saturated heterocycles. The first-order valence-electron chi connectivity index (χ1n) is 6.95. The molecule has 0 heterocycles. The zero-order chi connectivity index (χ0) is 16.8. The first-order valence-corrected chi connectivity index (χ1v) is 8.25. The lowest BCUT2D eigenvalue weighted by atomic mass is 10.1. The lowest BCUT2D eigenvalue weighted by Gasteiger charge is -2.14. The highest BCUT2D eigenvalue weighted by Gasteiger charge is 2.18. The van der Waals surface area contributed by atoms with E-state index in [1.54, 1.807) is 38.5 Å². The Balaban J connectivity index is 2.08. The lowest BCUT2D eigenvalue weighted by Crippen LogP contribution is -2.25. The molecular formula is C17H17BrClNO3. The third kappa shape index (κ3) is 4.62. The molecule has 2 aromatic rings. The summed E-state index contributed by atoms with van der Waals surface area (Å²) >= 11 is 9.54. The average Bonchev–Trinajstić information content (AvgIpc) is 2.57. The summed E-state index contributed by atoms with van der Waals surface area (Å²) in [6.07, 6.45) is 0.490. The zero-order valence-corrected chi connectivity index (χ0v) is 15.1. The fourth-order valence-electron chi connectivity index (χ4n) is 2.06. The van der Waals surface area contributed by atoms with E-state index < -0.39 is 4.83 Å². The number of hydrogen-bond acceptors (Lipinski definition) is 3. The Morgan fingerprint density at radius 1 is 1.22 bits per heavy atom. The monoisotopic (exact) mass is 397 g/mol. The highest BCUT2D eigenvalue weighted by Crippen LogP contribution is 2.29. The summed E-state index contributed by atoms with van der Waals surface area (Å²) < 4.78 is 10.4. The number of methoxy groups -OCH3 is 2. The van der Waals surface area contributed by atoms with Crippen molar-refractivity contribution in [3.05, 3.63) is 53.1 Å². The third-order valence-corrected chi connectivity index (χ3v) is 4.42. The van der Waals surface area contributed by atoms with Crippen molar-refractivity contribution >= 4 is 39.1 Å². The van der Waals surface area contributed by atoms with Crippen LogP contribution in [-0.2, 0) is 11.2 Å². The zero-order valence-electron chi connectivity index (χ0n) is 12.8. The van der Waals surface area contributed by atoms with Crippen molar-refractivity contribution in [2.45, 2.75) is 11.2 Å². The Bertz CT molecular complexity index is 693. The van der Waals surface area contributed by atoms with Gasteiger partial charge in [0.05, 0.1) is 24.7 Å². The first kappa shape index (κ1) is 17.6. The summed E-state index contributed by atoms with van der Waals surface area (Å²) in [6.45, 7) is 0. The molecule has 0 fully saturated rings. The Morgan fingerprint density at radius 2 is 1.96 bits per heavy atom. The maximum Gasteiger partial charge on any atom is 0.238 e. The Labute approximate surface area is 148 Å². The number of halogens is 2. The van der Waals surface area contributed by atoms with Gasteiger partial charge in [0.25, 0.3) is 0 Å². The van der Waals surface area contributed by atoms with Gasteiger partial charge < -0.3 is 14.8 Å². The van der Waals surface area contributed by atoms with E-state index in [4.69, 9.17) is 21.1 Å². The molecule has 0 spiro atoms. The average molecular weight is 399 g/mol. The fraction of sp³-hybridized carbons (Fsp3) is 0.235. The molecule has 1 atom stereocenters. The van der Waals surface area contributed by atoms with E-state index >= 15 is 0 Å². The molecule has 0 aliphatic heterocycles. The molecule has 1 amide bonds. The van der Waals surface area contributed by atoms with Crippen LogP contribution in [0.2, 0.25) is 5.02 Å². The molecular weight excluding hydrogens is 382 g/mol. The number of anilines is 1. The molecule has 0 aromatic heterocycles. The van der Waals surface area contributed by atoms with E-state index in [0.717, 1.165) is 5.56 Å². The minimum absolute atomic E-state index is 0.173. The van der Waals surface area contributed by atoms with Crippen molar-refractivity contribution < 1.29 is 14.3 Å². The molecule has 1 N–H and O–H groups in total. The van der Waals surface area contributed by atoms with Gasteiger partial charge in [-0.3, -0.25) is 4.79 Å². The van der Waals surface area contributed by atoms with E-state index in [1.165, 1.54) is 0 Å². The van der Waals surface area contributed by atoms with Gasteiger partial charge >= 0.3 is 0 Å². The van der Waals surface area contributed by atoms with E-state index in [0.29, 0.717) is 28.6 Å². The van der Waals surface area contributed by atoms with Gasteiger partial charge in [-0.15, -0.1) is 0 Å². The standard InChI is InChI=1S/C17H17BrClNO3/c1-22-12-7-8-15(16(10-12)23-2)20-17(21)13(18)9-11-5-3-4-6-14(11)19/h3-8,10,13H,9H2,1-2H3,(H,20,21)/t13-/m1/s1. The molecule has 0 aliphatic rings. The summed E-state index contributed by atoms with van der Waals surface area (Å²) in [5.74, 6) is 1.02. The minimum Gasteiger partial charge on any atom is -0.497 e. The summed E-state index contributed by atoms with van der Waals surface area (Å²) in [4.78, 5) is 12.0. The van der Waals surface area contributed by atoms with Gasteiger partial charge in [-0.2, -0.15) is 0 Å². The second-order valence-electron chi connectivity index (χ2n) is 4.82. The number of nitrogens with one attached hydrogen (secondary N) is 1. The molecule has 0 radical (unpaired) electrons. The molecule has 23 heavy (non-hydrogen) atoms. The molecule has 4 nitrogen and oxygen atoms in total. The Hall–Kier alpha value is -1.72. The Morgan fingerprint density at radius 3 is 2.61 bits per heavy atom.